The first-order valence-electron chi connectivity index (χ1n) is 8.20. The van der Waals surface area contributed by atoms with Crippen molar-refractivity contribution in [3.05, 3.63) is 0 Å². The molecule has 1 heterocycles. The van der Waals surface area contributed by atoms with Gasteiger partial charge in [-0.2, -0.15) is 0 Å². The summed E-state index contributed by atoms with van der Waals surface area (Å²) in [5, 5.41) is 6.44. The number of amides is 1. The van der Waals surface area contributed by atoms with E-state index in [9.17, 15) is 4.79 Å². The topological polar surface area (TPSA) is 44.4 Å². The molecule has 1 amide bonds. The van der Waals surface area contributed by atoms with E-state index in [0.29, 0.717) is 18.5 Å². The van der Waals surface area contributed by atoms with Crippen LogP contribution < -0.4 is 10.6 Å². The second-order valence-electron chi connectivity index (χ2n) is 6.75. The summed E-state index contributed by atoms with van der Waals surface area (Å²) in [7, 11) is 0. The minimum absolute atomic E-state index is 0.174. The molecule has 0 unspecified atom stereocenters. The number of hydrogen-bond donors (Lipinski definition) is 2. The fourth-order valence-corrected chi connectivity index (χ4v) is 2.59. The van der Waals surface area contributed by atoms with Gasteiger partial charge in [0.05, 0.1) is 6.54 Å². The molecule has 4 nitrogen and oxygen atoms in total. The predicted molar refractivity (Wildman–Crippen MR) is 84.8 cm³/mol. The molecule has 0 aromatic rings. The van der Waals surface area contributed by atoms with Crippen molar-refractivity contribution in [1.82, 2.24) is 15.5 Å². The number of nitrogens with one attached hydrogen (secondary N) is 2. The van der Waals surface area contributed by atoms with Crippen molar-refractivity contribution in [2.45, 2.75) is 53.0 Å². The summed E-state index contributed by atoms with van der Waals surface area (Å²) in [5.74, 6) is 1.56. The molecule has 1 fully saturated rings. The van der Waals surface area contributed by atoms with Gasteiger partial charge < -0.3 is 10.6 Å². The van der Waals surface area contributed by atoms with E-state index in [1.165, 1.54) is 12.8 Å². The first kappa shape index (κ1) is 17.4. The summed E-state index contributed by atoms with van der Waals surface area (Å²) >= 11 is 0. The Kier molecular flexibility index (Phi) is 8.15. The van der Waals surface area contributed by atoms with E-state index in [1.807, 2.05) is 0 Å². The van der Waals surface area contributed by atoms with Crippen LogP contribution in [0.25, 0.3) is 0 Å². The Labute approximate surface area is 124 Å². The molecule has 4 heteroatoms. The van der Waals surface area contributed by atoms with Gasteiger partial charge in [0.2, 0.25) is 5.91 Å². The Bertz CT molecular complexity index is 273. The van der Waals surface area contributed by atoms with Crippen LogP contribution >= 0.6 is 0 Å². The second-order valence-corrected chi connectivity index (χ2v) is 6.75. The first-order chi connectivity index (χ1) is 9.49. The molecule has 1 saturated heterocycles. The standard InChI is InChI=1S/C16H33N3O/c1-13(2)5-10-18-16(20)12-19(14(3)4)11-15-6-8-17-9-7-15/h13-15,17H,5-12H2,1-4H3,(H,18,20). The zero-order chi connectivity index (χ0) is 15.0. The smallest absolute Gasteiger partial charge is 0.234 e. The zero-order valence-electron chi connectivity index (χ0n) is 13.7. The van der Waals surface area contributed by atoms with Crippen LogP contribution in [-0.4, -0.2) is 49.6 Å². The van der Waals surface area contributed by atoms with Crippen LogP contribution in [0.2, 0.25) is 0 Å². The van der Waals surface area contributed by atoms with Crippen molar-refractivity contribution in [3.63, 3.8) is 0 Å². The third-order valence-electron chi connectivity index (χ3n) is 4.07. The fourth-order valence-electron chi connectivity index (χ4n) is 2.59. The Balaban J connectivity index is 2.31. The second kappa shape index (κ2) is 9.35. The highest BCUT2D eigenvalue weighted by atomic mass is 16.2. The van der Waals surface area contributed by atoms with Gasteiger partial charge in [-0.1, -0.05) is 13.8 Å². The average molecular weight is 283 g/mol. The average Bonchev–Trinajstić information content (AvgIpc) is 2.38. The normalized spacial score (nSPS) is 17.1. The van der Waals surface area contributed by atoms with Crippen molar-refractivity contribution in [3.8, 4) is 0 Å². The SMILES string of the molecule is CC(C)CCNC(=O)CN(CC1CCNCC1)C(C)C. The van der Waals surface area contributed by atoms with E-state index in [1.54, 1.807) is 0 Å². The molecule has 1 rings (SSSR count). The van der Waals surface area contributed by atoms with E-state index >= 15 is 0 Å². The van der Waals surface area contributed by atoms with Gasteiger partial charge in [0, 0.05) is 19.1 Å². The van der Waals surface area contributed by atoms with Gasteiger partial charge in [-0.3, -0.25) is 9.69 Å². The Morgan fingerprint density at radius 1 is 1.25 bits per heavy atom. The maximum atomic E-state index is 12.0. The van der Waals surface area contributed by atoms with E-state index < -0.39 is 0 Å². The lowest BCUT2D eigenvalue weighted by molar-refractivity contribution is -0.122. The van der Waals surface area contributed by atoms with Crippen LogP contribution in [0.15, 0.2) is 0 Å². The van der Waals surface area contributed by atoms with Gasteiger partial charge in [-0.15, -0.1) is 0 Å². The summed E-state index contributed by atoms with van der Waals surface area (Å²) in [6.45, 7) is 13.4. The molecule has 0 atom stereocenters. The highest BCUT2D eigenvalue weighted by Gasteiger charge is 2.20. The third kappa shape index (κ3) is 7.25. The fraction of sp³-hybridized carbons (Fsp3) is 0.938. The van der Waals surface area contributed by atoms with Gasteiger partial charge in [-0.25, -0.2) is 0 Å². The molecule has 0 aliphatic carbocycles. The predicted octanol–water partition coefficient (Wildman–Crippen LogP) is 1.86. The molecule has 0 aromatic heterocycles. The van der Waals surface area contributed by atoms with E-state index in [4.69, 9.17) is 0 Å². The molecule has 1 aliphatic heterocycles. The minimum atomic E-state index is 0.174. The molecule has 118 valence electrons. The van der Waals surface area contributed by atoms with Crippen LogP contribution in [0.4, 0.5) is 0 Å². The number of piperidine rings is 1. The van der Waals surface area contributed by atoms with Gasteiger partial charge in [0.15, 0.2) is 0 Å². The van der Waals surface area contributed by atoms with E-state index in [0.717, 1.165) is 38.5 Å². The molecule has 0 radical (unpaired) electrons. The summed E-state index contributed by atoms with van der Waals surface area (Å²) in [6.07, 6.45) is 3.53. The Hall–Kier alpha value is -0.610. The van der Waals surface area contributed by atoms with Crippen molar-refractivity contribution < 1.29 is 4.79 Å². The summed E-state index contributed by atoms with van der Waals surface area (Å²) in [6, 6.07) is 0.431. The maximum absolute atomic E-state index is 12.0. The van der Waals surface area contributed by atoms with Crippen molar-refractivity contribution >= 4 is 5.91 Å². The molecular weight excluding hydrogens is 250 g/mol. The lowest BCUT2D eigenvalue weighted by Gasteiger charge is -2.32. The highest BCUT2D eigenvalue weighted by molar-refractivity contribution is 5.78. The van der Waals surface area contributed by atoms with E-state index in [2.05, 4.69) is 43.2 Å². The third-order valence-corrected chi connectivity index (χ3v) is 4.07. The van der Waals surface area contributed by atoms with Crippen LogP contribution in [0, 0.1) is 11.8 Å². The van der Waals surface area contributed by atoms with Gasteiger partial charge in [0.25, 0.3) is 0 Å². The highest BCUT2D eigenvalue weighted by Crippen LogP contribution is 2.14. The molecule has 20 heavy (non-hydrogen) atoms. The van der Waals surface area contributed by atoms with Gasteiger partial charge in [0.1, 0.15) is 0 Å². The zero-order valence-corrected chi connectivity index (χ0v) is 13.7. The number of rotatable bonds is 8. The van der Waals surface area contributed by atoms with Gasteiger partial charge >= 0.3 is 0 Å². The molecule has 0 aromatic carbocycles. The Morgan fingerprint density at radius 2 is 1.90 bits per heavy atom. The lowest BCUT2D eigenvalue weighted by Crippen LogP contribution is -2.45. The van der Waals surface area contributed by atoms with Crippen molar-refractivity contribution in [2.75, 3.05) is 32.7 Å². The first-order valence-corrected chi connectivity index (χ1v) is 8.20. The molecule has 0 bridgehead atoms. The molecule has 0 saturated carbocycles. The molecule has 2 N–H and O–H groups in total. The minimum Gasteiger partial charge on any atom is -0.355 e. The summed E-state index contributed by atoms with van der Waals surface area (Å²) in [5.41, 5.74) is 0. The molecule has 0 spiro atoms. The van der Waals surface area contributed by atoms with Crippen molar-refractivity contribution in [2.24, 2.45) is 11.8 Å². The quantitative estimate of drug-likeness (QED) is 0.714. The largest absolute Gasteiger partial charge is 0.355 e. The Morgan fingerprint density at radius 3 is 2.45 bits per heavy atom. The van der Waals surface area contributed by atoms with Crippen LogP contribution in [-0.2, 0) is 4.79 Å². The van der Waals surface area contributed by atoms with Crippen LogP contribution in [0.1, 0.15) is 47.0 Å². The molecule has 1 aliphatic rings. The maximum Gasteiger partial charge on any atom is 0.234 e. The van der Waals surface area contributed by atoms with Crippen LogP contribution in [0.3, 0.4) is 0 Å². The van der Waals surface area contributed by atoms with Gasteiger partial charge in [-0.05, 0) is 58.0 Å². The summed E-state index contributed by atoms with van der Waals surface area (Å²) in [4.78, 5) is 14.3. The number of nitrogens with zero attached hydrogens (tertiary/aromatic N) is 1. The number of carbonyl (C=O) groups is 1. The monoisotopic (exact) mass is 283 g/mol. The van der Waals surface area contributed by atoms with Crippen molar-refractivity contribution in [1.29, 1.82) is 0 Å². The summed E-state index contributed by atoms with van der Waals surface area (Å²) < 4.78 is 0. The number of carbonyl (C=O) groups excluding carboxylic acids is 1. The lowest BCUT2D eigenvalue weighted by atomic mass is 9.97. The van der Waals surface area contributed by atoms with E-state index in [-0.39, 0.29) is 5.91 Å². The number of hydrogen-bond acceptors (Lipinski definition) is 3. The van der Waals surface area contributed by atoms with Crippen LogP contribution in [0.5, 0.6) is 0 Å². The molecular formula is C16H33N3O.